The predicted molar refractivity (Wildman–Crippen MR) is 95.0 cm³/mol. The lowest BCUT2D eigenvalue weighted by Gasteiger charge is -2.56. The lowest BCUT2D eigenvalue weighted by Crippen LogP contribution is -2.59. The SMILES string of the molecule is O=C(CCc1nnc(-c2ccsc2)o1)NC12CC3CC(CC(C3)C1)C2. The molecule has 4 bridgehead atoms. The van der Waals surface area contributed by atoms with Crippen molar-refractivity contribution in [3.63, 3.8) is 0 Å². The van der Waals surface area contributed by atoms with Gasteiger partial charge >= 0.3 is 0 Å². The zero-order valence-corrected chi connectivity index (χ0v) is 15.1. The second kappa shape index (κ2) is 5.94. The van der Waals surface area contributed by atoms with E-state index >= 15 is 0 Å². The molecule has 0 radical (unpaired) electrons. The molecule has 2 heterocycles. The van der Waals surface area contributed by atoms with Crippen molar-refractivity contribution in [2.45, 2.75) is 56.9 Å². The zero-order chi connectivity index (χ0) is 16.9. The highest BCUT2D eigenvalue weighted by molar-refractivity contribution is 7.08. The van der Waals surface area contributed by atoms with Gasteiger partial charge in [-0.1, -0.05) is 0 Å². The van der Waals surface area contributed by atoms with Crippen molar-refractivity contribution >= 4 is 17.2 Å². The van der Waals surface area contributed by atoms with Crippen LogP contribution in [0.15, 0.2) is 21.2 Å². The number of aryl methyl sites for hydroxylation is 1. The summed E-state index contributed by atoms with van der Waals surface area (Å²) in [7, 11) is 0. The van der Waals surface area contributed by atoms with E-state index in [0.717, 1.165) is 23.3 Å². The van der Waals surface area contributed by atoms with Gasteiger partial charge in [-0.2, -0.15) is 11.3 Å². The fourth-order valence-corrected chi connectivity index (χ4v) is 6.33. The minimum absolute atomic E-state index is 0.0858. The summed E-state index contributed by atoms with van der Waals surface area (Å²) in [5, 5.41) is 15.5. The Bertz CT molecular complexity index is 732. The Balaban J connectivity index is 1.19. The molecule has 0 atom stereocenters. The van der Waals surface area contributed by atoms with E-state index in [2.05, 4.69) is 15.5 Å². The number of carbonyl (C=O) groups excluding carboxylic acids is 1. The molecule has 1 N–H and O–H groups in total. The standard InChI is InChI=1S/C19H23N3O2S/c23-16(1-2-17-21-22-18(24-17)15-3-4-25-11-15)20-19-8-12-5-13(9-19)7-14(6-12)10-19/h3-4,11-14H,1-2,5-10H2,(H,20,23). The number of nitrogens with zero attached hydrogens (tertiary/aromatic N) is 2. The summed E-state index contributed by atoms with van der Waals surface area (Å²) >= 11 is 1.60. The first kappa shape index (κ1) is 15.6. The molecular formula is C19H23N3O2S. The molecule has 4 aliphatic carbocycles. The summed E-state index contributed by atoms with van der Waals surface area (Å²) in [6.07, 6.45) is 8.67. The van der Waals surface area contributed by atoms with E-state index in [1.807, 2.05) is 16.8 Å². The molecule has 2 aromatic heterocycles. The largest absolute Gasteiger partial charge is 0.421 e. The van der Waals surface area contributed by atoms with Crippen molar-refractivity contribution in [2.24, 2.45) is 17.8 Å². The maximum absolute atomic E-state index is 12.5. The molecule has 0 spiro atoms. The van der Waals surface area contributed by atoms with Gasteiger partial charge < -0.3 is 9.73 Å². The summed E-state index contributed by atoms with van der Waals surface area (Å²) in [6, 6.07) is 1.96. The molecule has 132 valence electrons. The van der Waals surface area contributed by atoms with Crippen LogP contribution in [0.3, 0.4) is 0 Å². The van der Waals surface area contributed by atoms with Gasteiger partial charge in [-0.15, -0.1) is 10.2 Å². The van der Waals surface area contributed by atoms with Gasteiger partial charge in [0.15, 0.2) is 0 Å². The molecule has 4 aliphatic rings. The van der Waals surface area contributed by atoms with Crippen LogP contribution >= 0.6 is 11.3 Å². The Morgan fingerprint density at radius 1 is 1.20 bits per heavy atom. The molecule has 4 saturated carbocycles. The molecule has 5 nitrogen and oxygen atoms in total. The Kier molecular flexibility index (Phi) is 3.69. The number of rotatable bonds is 5. The second-order valence-corrected chi connectivity index (χ2v) is 9.04. The summed E-state index contributed by atoms with van der Waals surface area (Å²) in [4.78, 5) is 12.5. The number of aromatic nitrogens is 2. The fraction of sp³-hybridized carbons (Fsp3) is 0.632. The summed E-state index contributed by atoms with van der Waals surface area (Å²) in [5.74, 6) is 3.75. The first-order chi connectivity index (χ1) is 12.2. The molecule has 0 unspecified atom stereocenters. The molecule has 1 amide bonds. The molecule has 4 fully saturated rings. The lowest BCUT2D eigenvalue weighted by atomic mass is 9.53. The lowest BCUT2D eigenvalue weighted by molar-refractivity contribution is -0.126. The number of thiophene rings is 1. The molecule has 6 rings (SSSR count). The molecule has 2 aromatic rings. The van der Waals surface area contributed by atoms with E-state index in [0.29, 0.717) is 24.6 Å². The Labute approximate surface area is 151 Å². The van der Waals surface area contributed by atoms with Crippen molar-refractivity contribution in [3.05, 3.63) is 22.7 Å². The Hall–Kier alpha value is -1.69. The second-order valence-electron chi connectivity index (χ2n) is 8.26. The van der Waals surface area contributed by atoms with Crippen LogP contribution in [0, 0.1) is 17.8 Å². The average Bonchev–Trinajstić information content (AvgIpc) is 3.22. The van der Waals surface area contributed by atoms with Gasteiger partial charge in [0.2, 0.25) is 17.7 Å². The van der Waals surface area contributed by atoms with Crippen LogP contribution in [-0.4, -0.2) is 21.6 Å². The highest BCUT2D eigenvalue weighted by Crippen LogP contribution is 2.55. The topological polar surface area (TPSA) is 68.0 Å². The maximum atomic E-state index is 12.5. The van der Waals surface area contributed by atoms with Gasteiger partial charge in [0.25, 0.3) is 0 Å². The van der Waals surface area contributed by atoms with Gasteiger partial charge in [-0.05, 0) is 67.7 Å². The van der Waals surface area contributed by atoms with Gasteiger partial charge in [0.05, 0.1) is 0 Å². The number of hydrogen-bond donors (Lipinski definition) is 1. The van der Waals surface area contributed by atoms with Crippen LogP contribution in [-0.2, 0) is 11.2 Å². The van der Waals surface area contributed by atoms with E-state index in [-0.39, 0.29) is 11.4 Å². The summed E-state index contributed by atoms with van der Waals surface area (Å²) < 4.78 is 5.68. The van der Waals surface area contributed by atoms with E-state index in [1.54, 1.807) is 11.3 Å². The third kappa shape index (κ3) is 3.01. The predicted octanol–water partition coefficient (Wildman–Crippen LogP) is 3.82. The van der Waals surface area contributed by atoms with Crippen LogP contribution in [0.25, 0.3) is 11.5 Å². The fourth-order valence-electron chi connectivity index (χ4n) is 5.70. The average molecular weight is 357 g/mol. The summed E-state index contributed by atoms with van der Waals surface area (Å²) in [6.45, 7) is 0. The van der Waals surface area contributed by atoms with E-state index in [9.17, 15) is 4.79 Å². The number of nitrogens with one attached hydrogen (secondary N) is 1. The van der Waals surface area contributed by atoms with Crippen LogP contribution in [0.1, 0.15) is 50.8 Å². The van der Waals surface area contributed by atoms with Crippen molar-refractivity contribution in [1.82, 2.24) is 15.5 Å². The van der Waals surface area contributed by atoms with Crippen LogP contribution in [0.2, 0.25) is 0 Å². The van der Waals surface area contributed by atoms with E-state index < -0.39 is 0 Å². The van der Waals surface area contributed by atoms with E-state index in [4.69, 9.17) is 4.42 Å². The van der Waals surface area contributed by atoms with Gasteiger partial charge in [-0.25, -0.2) is 0 Å². The minimum Gasteiger partial charge on any atom is -0.421 e. The molecule has 0 aromatic carbocycles. The van der Waals surface area contributed by atoms with Gasteiger partial charge in [0.1, 0.15) is 0 Å². The molecule has 6 heteroatoms. The number of amides is 1. The number of hydrogen-bond acceptors (Lipinski definition) is 5. The first-order valence-electron chi connectivity index (χ1n) is 9.33. The highest BCUT2D eigenvalue weighted by Gasteiger charge is 2.51. The van der Waals surface area contributed by atoms with Gasteiger partial charge in [0, 0.05) is 29.3 Å². The monoisotopic (exact) mass is 357 g/mol. The molecule has 0 aliphatic heterocycles. The molecule has 25 heavy (non-hydrogen) atoms. The Morgan fingerprint density at radius 2 is 1.92 bits per heavy atom. The van der Waals surface area contributed by atoms with Crippen LogP contribution in [0.4, 0.5) is 0 Å². The van der Waals surface area contributed by atoms with Crippen LogP contribution in [0.5, 0.6) is 0 Å². The molecule has 0 saturated heterocycles. The van der Waals surface area contributed by atoms with Crippen LogP contribution < -0.4 is 5.32 Å². The zero-order valence-electron chi connectivity index (χ0n) is 14.2. The quantitative estimate of drug-likeness (QED) is 0.883. The first-order valence-corrected chi connectivity index (χ1v) is 10.3. The normalized spacial score (nSPS) is 32.9. The minimum atomic E-state index is 0.0858. The van der Waals surface area contributed by atoms with Crippen molar-refractivity contribution in [1.29, 1.82) is 0 Å². The highest BCUT2D eigenvalue weighted by atomic mass is 32.1. The maximum Gasteiger partial charge on any atom is 0.248 e. The summed E-state index contributed by atoms with van der Waals surface area (Å²) in [5.41, 5.74) is 1.03. The third-order valence-electron chi connectivity index (χ3n) is 6.24. The molecular weight excluding hydrogens is 334 g/mol. The smallest absolute Gasteiger partial charge is 0.248 e. The van der Waals surface area contributed by atoms with Gasteiger partial charge in [-0.3, -0.25) is 4.79 Å². The van der Waals surface area contributed by atoms with Crippen molar-refractivity contribution in [3.8, 4) is 11.5 Å². The number of carbonyl (C=O) groups is 1. The third-order valence-corrected chi connectivity index (χ3v) is 6.93. The van der Waals surface area contributed by atoms with Crippen molar-refractivity contribution < 1.29 is 9.21 Å². The van der Waals surface area contributed by atoms with E-state index in [1.165, 1.54) is 38.5 Å². The Morgan fingerprint density at radius 3 is 2.56 bits per heavy atom. The van der Waals surface area contributed by atoms with Crippen molar-refractivity contribution in [2.75, 3.05) is 0 Å².